The van der Waals surface area contributed by atoms with Crippen molar-refractivity contribution in [3.05, 3.63) is 23.8 Å². The van der Waals surface area contributed by atoms with Gasteiger partial charge < -0.3 is 20.5 Å². The Balaban J connectivity index is 2.55. The highest BCUT2D eigenvalue weighted by Crippen LogP contribution is 2.17. The molecular weight excluding hydrogens is 256 g/mol. The van der Waals surface area contributed by atoms with Gasteiger partial charge in [-0.15, -0.1) is 0 Å². The van der Waals surface area contributed by atoms with E-state index in [0.717, 1.165) is 5.56 Å². The van der Waals surface area contributed by atoms with Gasteiger partial charge in [0.05, 0.1) is 13.7 Å². The average Bonchev–Trinajstić information content (AvgIpc) is 2.32. The quantitative estimate of drug-likeness (QED) is 0.641. The van der Waals surface area contributed by atoms with Gasteiger partial charge in [0.15, 0.2) is 0 Å². The predicted molar refractivity (Wildman–Crippen MR) is 78.5 cm³/mol. The van der Waals surface area contributed by atoms with Crippen molar-refractivity contribution in [1.82, 2.24) is 5.32 Å². The molecular formula is C15H20N2O3. The van der Waals surface area contributed by atoms with Gasteiger partial charge in [-0.2, -0.15) is 0 Å². The van der Waals surface area contributed by atoms with Crippen molar-refractivity contribution in [2.75, 3.05) is 19.4 Å². The van der Waals surface area contributed by atoms with Crippen LogP contribution >= 0.6 is 0 Å². The zero-order chi connectivity index (χ0) is 15.2. The predicted octanol–water partition coefficient (Wildman–Crippen LogP) is 2.15. The highest BCUT2D eigenvalue weighted by atomic mass is 16.6. The smallest absolute Gasteiger partial charge is 0.408 e. The molecule has 0 saturated heterocycles. The van der Waals surface area contributed by atoms with Crippen LogP contribution in [0.5, 0.6) is 5.75 Å². The van der Waals surface area contributed by atoms with Crippen LogP contribution in [-0.2, 0) is 4.74 Å². The molecule has 5 nitrogen and oxygen atoms in total. The van der Waals surface area contributed by atoms with Crippen molar-refractivity contribution in [3.63, 3.8) is 0 Å². The second-order valence-corrected chi connectivity index (χ2v) is 5.15. The van der Waals surface area contributed by atoms with E-state index in [9.17, 15) is 4.79 Å². The number of nitrogens with two attached hydrogens (primary N) is 1. The molecule has 0 radical (unpaired) electrons. The molecule has 1 aromatic rings. The lowest BCUT2D eigenvalue weighted by Gasteiger charge is -2.19. The zero-order valence-electron chi connectivity index (χ0n) is 12.2. The molecule has 1 rings (SSSR count). The first-order valence-electron chi connectivity index (χ1n) is 6.20. The van der Waals surface area contributed by atoms with Crippen molar-refractivity contribution in [3.8, 4) is 17.6 Å². The van der Waals surface area contributed by atoms with Gasteiger partial charge in [-0.1, -0.05) is 11.8 Å². The number of nitrogen functional groups attached to an aromatic ring is 1. The van der Waals surface area contributed by atoms with Gasteiger partial charge in [0.2, 0.25) is 0 Å². The molecule has 0 aliphatic carbocycles. The second kappa shape index (κ2) is 6.71. The molecule has 0 unspecified atom stereocenters. The highest BCUT2D eigenvalue weighted by Gasteiger charge is 2.14. The van der Waals surface area contributed by atoms with Crippen LogP contribution in [0.4, 0.5) is 10.5 Å². The highest BCUT2D eigenvalue weighted by molar-refractivity contribution is 5.68. The summed E-state index contributed by atoms with van der Waals surface area (Å²) in [6.07, 6.45) is -0.489. The Kier molecular flexibility index (Phi) is 5.27. The van der Waals surface area contributed by atoms with E-state index in [1.54, 1.807) is 46.1 Å². The summed E-state index contributed by atoms with van der Waals surface area (Å²) in [5, 5.41) is 2.56. The van der Waals surface area contributed by atoms with Crippen LogP contribution in [0.2, 0.25) is 0 Å². The number of amides is 1. The van der Waals surface area contributed by atoms with Gasteiger partial charge in [0, 0.05) is 17.3 Å². The van der Waals surface area contributed by atoms with Crippen LogP contribution < -0.4 is 15.8 Å². The largest absolute Gasteiger partial charge is 0.497 e. The Bertz CT molecular complexity index is 536. The number of anilines is 1. The van der Waals surface area contributed by atoms with Crippen LogP contribution in [0, 0.1) is 11.8 Å². The Hall–Kier alpha value is -2.35. The number of hydrogen-bond donors (Lipinski definition) is 2. The normalized spacial score (nSPS) is 10.2. The van der Waals surface area contributed by atoms with Gasteiger partial charge in [0.1, 0.15) is 11.4 Å². The molecule has 0 aliphatic heterocycles. The van der Waals surface area contributed by atoms with Crippen molar-refractivity contribution in [2.45, 2.75) is 26.4 Å². The van der Waals surface area contributed by atoms with E-state index in [2.05, 4.69) is 17.2 Å². The maximum absolute atomic E-state index is 11.4. The molecule has 0 heterocycles. The lowest BCUT2D eigenvalue weighted by molar-refractivity contribution is 0.0535. The minimum absolute atomic E-state index is 0.200. The molecule has 20 heavy (non-hydrogen) atoms. The fraction of sp³-hybridized carbons (Fsp3) is 0.400. The zero-order valence-corrected chi connectivity index (χ0v) is 12.2. The molecule has 108 valence electrons. The standard InChI is InChI=1S/C15H20N2O3/c1-15(2,3)20-14(18)17-7-5-6-11-8-12(16)10-13(9-11)19-4/h8-10H,7,16H2,1-4H3,(H,17,18). The SMILES string of the molecule is COc1cc(N)cc(C#CCNC(=O)OC(C)(C)C)c1. The number of methoxy groups -OCH3 is 1. The van der Waals surface area contributed by atoms with Crippen LogP contribution in [0.3, 0.4) is 0 Å². The summed E-state index contributed by atoms with van der Waals surface area (Å²) in [7, 11) is 1.57. The van der Waals surface area contributed by atoms with E-state index in [4.69, 9.17) is 15.2 Å². The molecule has 5 heteroatoms. The molecule has 0 atom stereocenters. The summed E-state index contributed by atoms with van der Waals surface area (Å²) in [5.74, 6) is 6.37. The van der Waals surface area contributed by atoms with Crippen molar-refractivity contribution in [2.24, 2.45) is 0 Å². The maximum atomic E-state index is 11.4. The number of ether oxygens (including phenoxy) is 2. The van der Waals surface area contributed by atoms with Crippen LogP contribution in [0.1, 0.15) is 26.3 Å². The second-order valence-electron chi connectivity index (χ2n) is 5.15. The van der Waals surface area contributed by atoms with E-state index in [-0.39, 0.29) is 6.54 Å². The summed E-state index contributed by atoms with van der Waals surface area (Å²) in [6.45, 7) is 5.61. The molecule has 0 aromatic heterocycles. The fourth-order valence-electron chi connectivity index (χ4n) is 1.39. The third kappa shape index (κ3) is 6.01. The van der Waals surface area contributed by atoms with E-state index in [0.29, 0.717) is 11.4 Å². The number of benzene rings is 1. The molecule has 0 spiro atoms. The van der Waals surface area contributed by atoms with E-state index in [1.807, 2.05) is 0 Å². The first-order valence-corrected chi connectivity index (χ1v) is 6.20. The van der Waals surface area contributed by atoms with Crippen molar-refractivity contribution >= 4 is 11.8 Å². The number of carbonyl (C=O) groups excluding carboxylic acids is 1. The third-order valence-electron chi connectivity index (χ3n) is 2.12. The van der Waals surface area contributed by atoms with E-state index >= 15 is 0 Å². The van der Waals surface area contributed by atoms with Crippen LogP contribution in [0.15, 0.2) is 18.2 Å². The van der Waals surface area contributed by atoms with Crippen molar-refractivity contribution < 1.29 is 14.3 Å². The molecule has 1 aromatic carbocycles. The number of nitrogens with one attached hydrogen (secondary N) is 1. The molecule has 0 saturated carbocycles. The summed E-state index contributed by atoms with van der Waals surface area (Å²) in [6, 6.07) is 5.23. The topological polar surface area (TPSA) is 73.6 Å². The Morgan fingerprint density at radius 2 is 2.05 bits per heavy atom. The number of alkyl carbamates (subject to hydrolysis) is 1. The van der Waals surface area contributed by atoms with Gasteiger partial charge in [-0.25, -0.2) is 4.79 Å². The van der Waals surface area contributed by atoms with Crippen LogP contribution in [-0.4, -0.2) is 25.3 Å². The van der Waals surface area contributed by atoms with Gasteiger partial charge in [-0.3, -0.25) is 0 Å². The molecule has 0 fully saturated rings. The number of rotatable bonds is 2. The Morgan fingerprint density at radius 3 is 2.65 bits per heavy atom. The molecule has 0 aliphatic rings. The number of hydrogen-bond acceptors (Lipinski definition) is 4. The lowest BCUT2D eigenvalue weighted by Crippen LogP contribution is -2.32. The monoisotopic (exact) mass is 276 g/mol. The molecule has 1 amide bonds. The Morgan fingerprint density at radius 1 is 1.35 bits per heavy atom. The van der Waals surface area contributed by atoms with Gasteiger partial charge in [-0.05, 0) is 32.9 Å². The van der Waals surface area contributed by atoms with E-state index in [1.165, 1.54) is 0 Å². The molecule has 3 N–H and O–H groups in total. The van der Waals surface area contributed by atoms with Gasteiger partial charge in [0.25, 0.3) is 0 Å². The third-order valence-corrected chi connectivity index (χ3v) is 2.12. The minimum atomic E-state index is -0.515. The fourth-order valence-corrected chi connectivity index (χ4v) is 1.39. The van der Waals surface area contributed by atoms with E-state index < -0.39 is 11.7 Å². The summed E-state index contributed by atoms with van der Waals surface area (Å²) in [5.41, 5.74) is 6.51. The summed E-state index contributed by atoms with van der Waals surface area (Å²) >= 11 is 0. The number of carbonyl (C=O) groups is 1. The van der Waals surface area contributed by atoms with Crippen molar-refractivity contribution in [1.29, 1.82) is 0 Å². The van der Waals surface area contributed by atoms with Gasteiger partial charge >= 0.3 is 6.09 Å². The first kappa shape index (κ1) is 15.7. The van der Waals surface area contributed by atoms with Crippen LogP contribution in [0.25, 0.3) is 0 Å². The molecule has 0 bridgehead atoms. The first-order chi connectivity index (χ1) is 9.30. The lowest BCUT2D eigenvalue weighted by atomic mass is 10.2. The summed E-state index contributed by atoms with van der Waals surface area (Å²) in [4.78, 5) is 11.4. The maximum Gasteiger partial charge on any atom is 0.408 e. The Labute approximate surface area is 119 Å². The minimum Gasteiger partial charge on any atom is -0.497 e. The summed E-state index contributed by atoms with van der Waals surface area (Å²) < 4.78 is 10.2. The average molecular weight is 276 g/mol.